The number of carbonyl (C=O) groups is 3. The Bertz CT molecular complexity index is 1140. The van der Waals surface area contributed by atoms with E-state index in [2.05, 4.69) is 10.6 Å². The minimum Gasteiger partial charge on any atom is -0.444 e. The molecule has 0 aliphatic heterocycles. The standard InChI is InChI=1S/C31H45N3O4S/c1-10-22(4)34(29(36)26(18-19-39-9)33-30(37)38-31(6,7)8)27(24-16-13-15-20(2)23(24)5)28(35)32-25-17-12-11-14-21(25)3/h11-17,22,26-27H,10,18-19H2,1-9H3,(H,32,35)(H,33,37). The second kappa shape index (κ2) is 14.4. The number of thioether (sulfide) groups is 1. The third-order valence-electron chi connectivity index (χ3n) is 6.79. The Labute approximate surface area is 238 Å². The van der Waals surface area contributed by atoms with E-state index in [0.717, 1.165) is 22.3 Å². The number of benzene rings is 2. The summed E-state index contributed by atoms with van der Waals surface area (Å²) in [6.07, 6.45) is 2.34. The Morgan fingerprint density at radius 2 is 1.64 bits per heavy atom. The van der Waals surface area contributed by atoms with Crippen molar-refractivity contribution in [3.05, 3.63) is 64.7 Å². The molecule has 3 amide bonds. The Morgan fingerprint density at radius 1 is 1.00 bits per heavy atom. The van der Waals surface area contributed by atoms with Gasteiger partial charge in [0.2, 0.25) is 5.91 Å². The quantitative estimate of drug-likeness (QED) is 0.328. The van der Waals surface area contributed by atoms with Gasteiger partial charge in [-0.05, 0) is 102 Å². The zero-order valence-corrected chi connectivity index (χ0v) is 25.7. The van der Waals surface area contributed by atoms with Gasteiger partial charge in [0.1, 0.15) is 17.7 Å². The van der Waals surface area contributed by atoms with Crippen molar-refractivity contribution in [2.75, 3.05) is 17.3 Å². The van der Waals surface area contributed by atoms with E-state index < -0.39 is 23.8 Å². The Morgan fingerprint density at radius 3 is 2.23 bits per heavy atom. The Kier molecular flexibility index (Phi) is 11.9. The summed E-state index contributed by atoms with van der Waals surface area (Å²) in [6.45, 7) is 15.2. The summed E-state index contributed by atoms with van der Waals surface area (Å²) < 4.78 is 5.48. The van der Waals surface area contributed by atoms with Crippen LogP contribution in [0.3, 0.4) is 0 Å². The van der Waals surface area contributed by atoms with Crippen LogP contribution in [0.25, 0.3) is 0 Å². The summed E-state index contributed by atoms with van der Waals surface area (Å²) in [5.41, 5.74) is 3.66. The molecule has 0 saturated carbocycles. The number of hydrogen-bond donors (Lipinski definition) is 2. The zero-order valence-electron chi connectivity index (χ0n) is 24.9. The number of rotatable bonds is 11. The van der Waals surface area contributed by atoms with E-state index in [9.17, 15) is 14.4 Å². The molecule has 0 aliphatic carbocycles. The van der Waals surface area contributed by atoms with Crippen molar-refractivity contribution < 1.29 is 19.1 Å². The fourth-order valence-electron chi connectivity index (χ4n) is 4.32. The van der Waals surface area contributed by atoms with Crippen LogP contribution in [0.2, 0.25) is 0 Å². The van der Waals surface area contributed by atoms with Gasteiger partial charge >= 0.3 is 6.09 Å². The number of nitrogens with zero attached hydrogens (tertiary/aromatic N) is 1. The van der Waals surface area contributed by atoms with Gasteiger partial charge in [-0.2, -0.15) is 11.8 Å². The fourth-order valence-corrected chi connectivity index (χ4v) is 4.79. The lowest BCUT2D eigenvalue weighted by Crippen LogP contribution is -2.55. The van der Waals surface area contributed by atoms with Crippen LogP contribution < -0.4 is 10.6 Å². The first-order valence-corrected chi connectivity index (χ1v) is 14.9. The van der Waals surface area contributed by atoms with Crippen molar-refractivity contribution in [3.8, 4) is 0 Å². The number of ether oxygens (including phenoxy) is 1. The SMILES string of the molecule is CCC(C)N(C(=O)C(CCSC)NC(=O)OC(C)(C)C)C(C(=O)Nc1ccccc1C)c1cccc(C)c1C. The van der Waals surface area contributed by atoms with E-state index in [0.29, 0.717) is 24.3 Å². The number of anilines is 1. The van der Waals surface area contributed by atoms with Crippen LogP contribution in [-0.4, -0.2) is 52.5 Å². The predicted molar refractivity (Wildman–Crippen MR) is 161 cm³/mol. The first kappa shape index (κ1) is 32.2. The van der Waals surface area contributed by atoms with Gasteiger partial charge in [0, 0.05) is 11.7 Å². The first-order valence-electron chi connectivity index (χ1n) is 13.5. The van der Waals surface area contributed by atoms with Gasteiger partial charge in [0.25, 0.3) is 5.91 Å². The summed E-state index contributed by atoms with van der Waals surface area (Å²) in [6, 6.07) is 11.4. The van der Waals surface area contributed by atoms with E-state index in [4.69, 9.17) is 4.74 Å². The molecule has 2 aromatic rings. The number of para-hydroxylation sites is 1. The van der Waals surface area contributed by atoms with E-state index in [1.165, 1.54) is 0 Å². The highest BCUT2D eigenvalue weighted by Crippen LogP contribution is 2.31. The second-order valence-electron chi connectivity index (χ2n) is 11.0. The molecule has 2 rings (SSSR count). The lowest BCUT2D eigenvalue weighted by molar-refractivity contribution is -0.143. The average molecular weight is 556 g/mol. The van der Waals surface area contributed by atoms with Gasteiger partial charge in [0.15, 0.2) is 0 Å². The molecule has 0 aromatic heterocycles. The van der Waals surface area contributed by atoms with Gasteiger partial charge in [-0.25, -0.2) is 4.79 Å². The van der Waals surface area contributed by atoms with E-state index in [-0.39, 0.29) is 17.9 Å². The Balaban J connectivity index is 2.62. The molecule has 0 heterocycles. The highest BCUT2D eigenvalue weighted by atomic mass is 32.2. The van der Waals surface area contributed by atoms with E-state index >= 15 is 0 Å². The van der Waals surface area contributed by atoms with Crippen LogP contribution in [0.4, 0.5) is 10.5 Å². The van der Waals surface area contributed by atoms with E-state index in [1.807, 2.05) is 83.3 Å². The lowest BCUT2D eigenvalue weighted by atomic mass is 9.93. The molecule has 2 aromatic carbocycles. The van der Waals surface area contributed by atoms with Gasteiger partial charge < -0.3 is 20.3 Å². The summed E-state index contributed by atoms with van der Waals surface area (Å²) in [5.74, 6) is 0.0482. The highest BCUT2D eigenvalue weighted by Gasteiger charge is 2.39. The number of alkyl carbamates (subject to hydrolysis) is 1. The zero-order chi connectivity index (χ0) is 29.3. The molecule has 214 valence electrons. The topological polar surface area (TPSA) is 87.7 Å². The second-order valence-corrected chi connectivity index (χ2v) is 12.0. The summed E-state index contributed by atoms with van der Waals surface area (Å²) in [5, 5.41) is 5.88. The van der Waals surface area contributed by atoms with Crippen LogP contribution in [0.5, 0.6) is 0 Å². The Hall–Kier alpha value is -3.00. The largest absolute Gasteiger partial charge is 0.444 e. The third kappa shape index (κ3) is 9.02. The van der Waals surface area contributed by atoms with Crippen molar-refractivity contribution in [3.63, 3.8) is 0 Å². The monoisotopic (exact) mass is 555 g/mol. The molecule has 39 heavy (non-hydrogen) atoms. The van der Waals surface area contributed by atoms with Gasteiger partial charge in [-0.1, -0.05) is 43.3 Å². The van der Waals surface area contributed by atoms with Crippen LogP contribution >= 0.6 is 11.8 Å². The van der Waals surface area contributed by atoms with Gasteiger partial charge in [0.05, 0.1) is 0 Å². The molecule has 7 nitrogen and oxygen atoms in total. The van der Waals surface area contributed by atoms with E-state index in [1.54, 1.807) is 37.4 Å². The molecule has 2 N–H and O–H groups in total. The third-order valence-corrected chi connectivity index (χ3v) is 7.43. The molecule has 8 heteroatoms. The minimum absolute atomic E-state index is 0.276. The van der Waals surface area contributed by atoms with Crippen molar-refractivity contribution in [2.24, 2.45) is 0 Å². The smallest absolute Gasteiger partial charge is 0.408 e. The number of carbonyl (C=O) groups excluding carboxylic acids is 3. The summed E-state index contributed by atoms with van der Waals surface area (Å²) in [4.78, 5) is 42.9. The molecule has 0 spiro atoms. The summed E-state index contributed by atoms with van der Waals surface area (Å²) >= 11 is 1.59. The van der Waals surface area contributed by atoms with Crippen LogP contribution in [0.15, 0.2) is 42.5 Å². The van der Waals surface area contributed by atoms with Gasteiger partial charge in [-0.3, -0.25) is 9.59 Å². The van der Waals surface area contributed by atoms with Crippen LogP contribution in [0.1, 0.15) is 75.8 Å². The molecule has 0 radical (unpaired) electrons. The summed E-state index contributed by atoms with van der Waals surface area (Å²) in [7, 11) is 0. The maximum absolute atomic E-state index is 14.4. The number of nitrogens with one attached hydrogen (secondary N) is 2. The average Bonchev–Trinajstić information content (AvgIpc) is 2.86. The maximum Gasteiger partial charge on any atom is 0.408 e. The molecular weight excluding hydrogens is 510 g/mol. The van der Waals surface area contributed by atoms with Crippen molar-refractivity contribution in [1.29, 1.82) is 0 Å². The van der Waals surface area contributed by atoms with Crippen LogP contribution in [-0.2, 0) is 14.3 Å². The number of amides is 3. The minimum atomic E-state index is -0.899. The molecule has 3 atom stereocenters. The molecule has 0 aliphatic rings. The maximum atomic E-state index is 14.4. The molecule has 0 bridgehead atoms. The molecular formula is C31H45N3O4S. The van der Waals surface area contributed by atoms with Crippen molar-refractivity contribution in [1.82, 2.24) is 10.2 Å². The van der Waals surface area contributed by atoms with Gasteiger partial charge in [-0.15, -0.1) is 0 Å². The predicted octanol–water partition coefficient (Wildman–Crippen LogP) is 6.57. The molecule has 0 fully saturated rings. The lowest BCUT2D eigenvalue weighted by Gasteiger charge is -2.39. The number of aryl methyl sites for hydroxylation is 2. The number of hydrogen-bond acceptors (Lipinski definition) is 5. The first-order chi connectivity index (χ1) is 18.3. The van der Waals surface area contributed by atoms with Crippen LogP contribution in [0, 0.1) is 20.8 Å². The molecule has 3 unspecified atom stereocenters. The van der Waals surface area contributed by atoms with Crippen molar-refractivity contribution in [2.45, 2.75) is 92.0 Å². The fraction of sp³-hybridized carbons (Fsp3) is 0.516. The molecule has 0 saturated heterocycles. The normalized spacial score (nSPS) is 13.7. The highest BCUT2D eigenvalue weighted by molar-refractivity contribution is 7.98. The van der Waals surface area contributed by atoms with Crippen molar-refractivity contribution >= 4 is 35.4 Å².